The summed E-state index contributed by atoms with van der Waals surface area (Å²) < 4.78 is 0. The van der Waals surface area contributed by atoms with E-state index >= 15 is 0 Å². The number of hydrogen-bond acceptors (Lipinski definition) is 4. The highest BCUT2D eigenvalue weighted by atomic mass is 35.5. The molecule has 0 spiro atoms. The molecule has 19 heavy (non-hydrogen) atoms. The summed E-state index contributed by atoms with van der Waals surface area (Å²) in [5.74, 6) is 1.14. The number of aryl methyl sites for hydroxylation is 1. The van der Waals surface area contributed by atoms with Gasteiger partial charge in [0.25, 0.3) is 0 Å². The highest BCUT2D eigenvalue weighted by Gasteiger charge is 2.16. The molecule has 0 saturated heterocycles. The first-order valence-electron chi connectivity index (χ1n) is 6.40. The minimum atomic E-state index is 0.0139. The van der Waals surface area contributed by atoms with E-state index in [4.69, 9.17) is 11.6 Å². The van der Waals surface area contributed by atoms with E-state index in [1.165, 1.54) is 0 Å². The maximum atomic E-state index is 11.7. The maximum absolute atomic E-state index is 11.7. The second-order valence-electron chi connectivity index (χ2n) is 5.13. The van der Waals surface area contributed by atoms with Crippen molar-refractivity contribution in [3.8, 4) is 0 Å². The Hall–Kier alpha value is -1.14. The minimum Gasteiger partial charge on any atom is -0.355 e. The van der Waals surface area contributed by atoms with Crippen molar-refractivity contribution in [2.75, 3.05) is 20.6 Å². The van der Waals surface area contributed by atoms with E-state index < -0.39 is 0 Å². The zero-order valence-electron chi connectivity index (χ0n) is 11.9. The molecular weight excluding hydrogens is 266 g/mol. The number of hydrogen-bond donors (Lipinski definition) is 2. The van der Waals surface area contributed by atoms with Gasteiger partial charge < -0.3 is 10.2 Å². The summed E-state index contributed by atoms with van der Waals surface area (Å²) in [5, 5.41) is 9.52. The van der Waals surface area contributed by atoms with Crippen LogP contribution in [0.4, 0.5) is 0 Å². The Morgan fingerprint density at radius 3 is 2.63 bits per heavy atom. The van der Waals surface area contributed by atoms with E-state index in [1.807, 2.05) is 14.1 Å². The number of carbonyl (C=O) groups excluding carboxylic acids is 1. The molecule has 1 rings (SSSR count). The molecule has 1 amide bonds. The standard InChI is InChI=1S/C12H22ClN5O/c1-8(2)9(18(3)4)7-14-11(19)6-5-10-15-12(13)17-16-10/h8-9H,5-7H2,1-4H3,(H,14,19)(H,15,16,17). The first kappa shape index (κ1) is 15.9. The number of carbonyl (C=O) groups is 1. The molecule has 0 bridgehead atoms. The van der Waals surface area contributed by atoms with Gasteiger partial charge in [-0.1, -0.05) is 13.8 Å². The molecule has 0 radical (unpaired) electrons. The summed E-state index contributed by atoms with van der Waals surface area (Å²) in [5.41, 5.74) is 0. The van der Waals surface area contributed by atoms with Gasteiger partial charge in [0, 0.05) is 25.4 Å². The topological polar surface area (TPSA) is 73.9 Å². The van der Waals surface area contributed by atoms with Gasteiger partial charge in [0.15, 0.2) is 0 Å². The third-order valence-corrected chi connectivity index (χ3v) is 3.20. The normalized spacial score (nSPS) is 13.0. The average Bonchev–Trinajstić information content (AvgIpc) is 2.71. The van der Waals surface area contributed by atoms with Crippen molar-refractivity contribution in [1.82, 2.24) is 25.4 Å². The quantitative estimate of drug-likeness (QED) is 0.787. The summed E-state index contributed by atoms with van der Waals surface area (Å²) in [6.45, 7) is 4.95. The largest absolute Gasteiger partial charge is 0.355 e. The van der Waals surface area contributed by atoms with Gasteiger partial charge in [0.1, 0.15) is 5.82 Å². The smallest absolute Gasteiger partial charge is 0.242 e. The molecule has 1 heterocycles. The van der Waals surface area contributed by atoms with E-state index in [0.29, 0.717) is 37.2 Å². The Kier molecular flexibility index (Phi) is 6.24. The molecule has 1 aromatic heterocycles. The van der Waals surface area contributed by atoms with Gasteiger partial charge in [-0.05, 0) is 31.6 Å². The van der Waals surface area contributed by atoms with Crippen molar-refractivity contribution < 1.29 is 4.79 Å². The van der Waals surface area contributed by atoms with Crippen LogP contribution in [0.2, 0.25) is 5.28 Å². The zero-order valence-corrected chi connectivity index (χ0v) is 12.7. The Bertz CT molecular complexity index is 397. The van der Waals surface area contributed by atoms with E-state index in [0.717, 1.165) is 0 Å². The lowest BCUT2D eigenvalue weighted by Gasteiger charge is -2.28. The van der Waals surface area contributed by atoms with Gasteiger partial charge in [0.2, 0.25) is 11.2 Å². The van der Waals surface area contributed by atoms with Gasteiger partial charge >= 0.3 is 0 Å². The lowest BCUT2D eigenvalue weighted by Crippen LogP contribution is -2.43. The molecule has 108 valence electrons. The third kappa shape index (κ3) is 5.57. The summed E-state index contributed by atoms with van der Waals surface area (Å²) in [7, 11) is 4.04. The second kappa shape index (κ2) is 7.45. The van der Waals surface area contributed by atoms with Crippen LogP contribution in [-0.2, 0) is 11.2 Å². The minimum absolute atomic E-state index is 0.0139. The fraction of sp³-hybridized carbons (Fsp3) is 0.750. The van der Waals surface area contributed by atoms with Crippen molar-refractivity contribution in [2.45, 2.75) is 32.7 Å². The van der Waals surface area contributed by atoms with Gasteiger partial charge in [-0.15, -0.1) is 5.10 Å². The van der Waals surface area contributed by atoms with Crippen molar-refractivity contribution in [2.24, 2.45) is 5.92 Å². The predicted octanol–water partition coefficient (Wildman–Crippen LogP) is 1.09. The number of aromatic nitrogens is 3. The Morgan fingerprint density at radius 2 is 2.16 bits per heavy atom. The monoisotopic (exact) mass is 287 g/mol. The van der Waals surface area contributed by atoms with Crippen molar-refractivity contribution in [3.63, 3.8) is 0 Å². The lowest BCUT2D eigenvalue weighted by atomic mass is 10.0. The second-order valence-corrected chi connectivity index (χ2v) is 5.47. The summed E-state index contributed by atoms with van der Waals surface area (Å²) in [6.07, 6.45) is 0.892. The van der Waals surface area contributed by atoms with E-state index in [1.54, 1.807) is 0 Å². The third-order valence-electron chi connectivity index (χ3n) is 3.03. The highest BCUT2D eigenvalue weighted by molar-refractivity contribution is 6.28. The van der Waals surface area contributed by atoms with E-state index in [2.05, 4.69) is 39.2 Å². The van der Waals surface area contributed by atoms with Gasteiger partial charge in [-0.3, -0.25) is 9.89 Å². The number of H-pyrrole nitrogens is 1. The van der Waals surface area contributed by atoms with Gasteiger partial charge in [-0.25, -0.2) is 4.98 Å². The fourth-order valence-electron chi connectivity index (χ4n) is 1.94. The van der Waals surface area contributed by atoms with Crippen molar-refractivity contribution in [3.05, 3.63) is 11.1 Å². The first-order chi connectivity index (χ1) is 8.90. The van der Waals surface area contributed by atoms with Crippen LogP contribution in [0, 0.1) is 5.92 Å². The van der Waals surface area contributed by atoms with Crippen LogP contribution in [0.5, 0.6) is 0 Å². The van der Waals surface area contributed by atoms with Crippen LogP contribution < -0.4 is 5.32 Å². The van der Waals surface area contributed by atoms with Gasteiger partial charge in [0.05, 0.1) is 0 Å². The Balaban J connectivity index is 2.31. The van der Waals surface area contributed by atoms with Crippen LogP contribution in [0.15, 0.2) is 0 Å². The molecule has 0 fully saturated rings. The molecule has 6 nitrogen and oxygen atoms in total. The Morgan fingerprint density at radius 1 is 1.47 bits per heavy atom. The predicted molar refractivity (Wildman–Crippen MR) is 75.0 cm³/mol. The number of aromatic amines is 1. The van der Waals surface area contributed by atoms with Crippen LogP contribution in [0.1, 0.15) is 26.1 Å². The van der Waals surface area contributed by atoms with Crippen LogP contribution >= 0.6 is 11.6 Å². The van der Waals surface area contributed by atoms with Crippen molar-refractivity contribution >= 4 is 17.5 Å². The van der Waals surface area contributed by atoms with E-state index in [9.17, 15) is 4.79 Å². The van der Waals surface area contributed by atoms with Crippen LogP contribution in [0.3, 0.4) is 0 Å². The molecule has 0 aliphatic carbocycles. The number of halogens is 1. The summed E-state index contributed by atoms with van der Waals surface area (Å²) in [6, 6.07) is 0.337. The van der Waals surface area contributed by atoms with Crippen molar-refractivity contribution in [1.29, 1.82) is 0 Å². The maximum Gasteiger partial charge on any atom is 0.242 e. The molecule has 7 heteroatoms. The lowest BCUT2D eigenvalue weighted by molar-refractivity contribution is -0.121. The summed E-state index contributed by atoms with van der Waals surface area (Å²) in [4.78, 5) is 17.8. The molecule has 0 saturated carbocycles. The van der Waals surface area contributed by atoms with Crippen LogP contribution in [-0.4, -0.2) is 52.7 Å². The number of amides is 1. The number of rotatable bonds is 7. The molecule has 0 aliphatic heterocycles. The molecule has 1 aromatic rings. The van der Waals surface area contributed by atoms with Crippen LogP contribution in [0.25, 0.3) is 0 Å². The summed E-state index contributed by atoms with van der Waals surface area (Å²) >= 11 is 5.59. The number of nitrogens with one attached hydrogen (secondary N) is 2. The molecule has 2 N–H and O–H groups in total. The molecular formula is C12H22ClN5O. The fourth-order valence-corrected chi connectivity index (χ4v) is 2.08. The highest BCUT2D eigenvalue weighted by Crippen LogP contribution is 2.06. The molecule has 1 unspecified atom stereocenters. The van der Waals surface area contributed by atoms with E-state index in [-0.39, 0.29) is 11.2 Å². The molecule has 1 atom stereocenters. The first-order valence-corrected chi connectivity index (χ1v) is 6.78. The zero-order chi connectivity index (χ0) is 14.4. The average molecular weight is 288 g/mol. The van der Waals surface area contributed by atoms with Gasteiger partial charge in [-0.2, -0.15) is 0 Å². The molecule has 0 aromatic carbocycles. The number of likely N-dealkylation sites (N-methyl/N-ethyl adjacent to an activating group) is 1. The SMILES string of the molecule is CC(C)C(CNC(=O)CCc1nc(Cl)n[nH]1)N(C)C. The molecule has 0 aliphatic rings. The number of nitrogens with zero attached hydrogens (tertiary/aromatic N) is 3. The Labute approximate surface area is 118 Å².